The maximum Gasteiger partial charge on any atom is 0.223 e. The molecule has 0 radical (unpaired) electrons. The van der Waals surface area contributed by atoms with Crippen LogP contribution in [-0.2, 0) is 11.2 Å². The van der Waals surface area contributed by atoms with Gasteiger partial charge in [0.15, 0.2) is 0 Å². The fraction of sp³-hybridized carbons (Fsp3) is 0.500. The molecule has 0 spiro atoms. The Morgan fingerprint density at radius 2 is 2.04 bits per heavy atom. The minimum Gasteiger partial charge on any atom is -0.358 e. The Hall–Kier alpha value is -1.91. The Kier molecular flexibility index (Phi) is 4.64. The number of carbonyl (C=O) groups is 1. The van der Waals surface area contributed by atoms with E-state index in [1.807, 2.05) is 6.92 Å². The second kappa shape index (κ2) is 6.69. The van der Waals surface area contributed by atoms with Gasteiger partial charge in [0.25, 0.3) is 0 Å². The van der Waals surface area contributed by atoms with Crippen LogP contribution >= 0.6 is 0 Å². The van der Waals surface area contributed by atoms with Gasteiger partial charge in [-0.3, -0.25) is 4.79 Å². The van der Waals surface area contributed by atoms with Crippen LogP contribution < -0.4 is 5.32 Å². The lowest BCUT2D eigenvalue weighted by Crippen LogP contribution is -2.34. The van der Waals surface area contributed by atoms with Crippen LogP contribution in [0.3, 0.4) is 0 Å². The zero-order valence-electron chi connectivity index (χ0n) is 13.3. The van der Waals surface area contributed by atoms with Crippen molar-refractivity contribution in [2.45, 2.75) is 45.2 Å². The molecule has 2 N–H and O–H groups in total. The maximum atomic E-state index is 13.3. The SMILES string of the molecule is Cc1[nH]c2cc(F)ccc2c1CCNC(=O)C1CCC(F)CC1. The molecule has 3 rings (SSSR count). The zero-order valence-corrected chi connectivity index (χ0v) is 13.3. The number of aryl methyl sites for hydroxylation is 1. The first kappa shape index (κ1) is 16.0. The van der Waals surface area contributed by atoms with E-state index in [0.717, 1.165) is 22.2 Å². The number of amides is 1. The summed E-state index contributed by atoms with van der Waals surface area (Å²) in [7, 11) is 0. The van der Waals surface area contributed by atoms with Gasteiger partial charge in [-0.2, -0.15) is 0 Å². The summed E-state index contributed by atoms with van der Waals surface area (Å²) in [5.41, 5.74) is 2.88. The van der Waals surface area contributed by atoms with Gasteiger partial charge in [-0.05, 0) is 62.8 Å². The van der Waals surface area contributed by atoms with Crippen molar-refractivity contribution >= 4 is 16.8 Å². The van der Waals surface area contributed by atoms with Gasteiger partial charge in [-0.1, -0.05) is 0 Å². The summed E-state index contributed by atoms with van der Waals surface area (Å²) in [5, 5.41) is 3.96. The second-order valence-electron chi connectivity index (χ2n) is 6.41. The first-order valence-electron chi connectivity index (χ1n) is 8.23. The van der Waals surface area contributed by atoms with Gasteiger partial charge in [0.2, 0.25) is 5.91 Å². The molecule has 3 nitrogen and oxygen atoms in total. The second-order valence-corrected chi connectivity index (χ2v) is 6.41. The molecule has 1 aliphatic carbocycles. The molecule has 1 aliphatic rings. The Balaban J connectivity index is 1.58. The number of hydrogen-bond donors (Lipinski definition) is 2. The molecule has 1 heterocycles. The van der Waals surface area contributed by atoms with Crippen molar-refractivity contribution in [2.24, 2.45) is 5.92 Å². The highest BCUT2D eigenvalue weighted by Gasteiger charge is 2.25. The molecular formula is C18H22F2N2O. The Morgan fingerprint density at radius 3 is 2.78 bits per heavy atom. The van der Waals surface area contributed by atoms with E-state index >= 15 is 0 Å². The van der Waals surface area contributed by atoms with Crippen molar-refractivity contribution < 1.29 is 13.6 Å². The summed E-state index contributed by atoms with van der Waals surface area (Å²) < 4.78 is 26.4. The Labute approximate surface area is 134 Å². The highest BCUT2D eigenvalue weighted by Crippen LogP contribution is 2.26. The minimum atomic E-state index is -0.742. The third-order valence-corrected chi connectivity index (χ3v) is 4.78. The Bertz CT molecular complexity index is 702. The van der Waals surface area contributed by atoms with Gasteiger partial charge < -0.3 is 10.3 Å². The van der Waals surface area contributed by atoms with Crippen molar-refractivity contribution in [2.75, 3.05) is 6.54 Å². The van der Waals surface area contributed by atoms with E-state index in [1.165, 1.54) is 12.1 Å². The lowest BCUT2D eigenvalue weighted by Gasteiger charge is -2.23. The van der Waals surface area contributed by atoms with Crippen molar-refractivity contribution in [1.29, 1.82) is 0 Å². The topological polar surface area (TPSA) is 44.9 Å². The quantitative estimate of drug-likeness (QED) is 0.884. The molecule has 0 unspecified atom stereocenters. The summed E-state index contributed by atoms with van der Waals surface area (Å²) in [4.78, 5) is 15.3. The van der Waals surface area contributed by atoms with E-state index in [2.05, 4.69) is 10.3 Å². The molecule has 0 saturated heterocycles. The molecule has 23 heavy (non-hydrogen) atoms. The van der Waals surface area contributed by atoms with Crippen LogP contribution in [0.15, 0.2) is 18.2 Å². The molecule has 1 amide bonds. The minimum absolute atomic E-state index is 0.0282. The number of halogens is 2. The third kappa shape index (κ3) is 3.54. The maximum absolute atomic E-state index is 13.3. The van der Waals surface area contributed by atoms with Gasteiger partial charge >= 0.3 is 0 Å². The molecule has 1 saturated carbocycles. The monoisotopic (exact) mass is 320 g/mol. The summed E-state index contributed by atoms with van der Waals surface area (Å²) >= 11 is 0. The van der Waals surface area contributed by atoms with Gasteiger partial charge in [0.05, 0.1) is 0 Å². The zero-order chi connectivity index (χ0) is 16.4. The highest BCUT2D eigenvalue weighted by atomic mass is 19.1. The number of rotatable bonds is 4. The third-order valence-electron chi connectivity index (χ3n) is 4.78. The predicted octanol–water partition coefficient (Wildman–Crippen LogP) is 3.80. The standard InChI is InChI=1S/C18H22F2N2O/c1-11-15(16-7-6-14(20)10-17(16)22-11)8-9-21-18(23)12-2-4-13(19)5-3-12/h6-7,10,12-13,22H,2-5,8-9H2,1H3,(H,21,23). The van der Waals surface area contributed by atoms with Crippen LogP contribution in [0.25, 0.3) is 10.9 Å². The number of aromatic amines is 1. The molecule has 2 aromatic rings. The first-order chi connectivity index (χ1) is 11.0. The number of nitrogens with one attached hydrogen (secondary N) is 2. The van der Waals surface area contributed by atoms with Gasteiger partial charge in [0.1, 0.15) is 12.0 Å². The molecule has 0 aliphatic heterocycles. The van der Waals surface area contributed by atoms with Crippen LogP contribution in [-0.4, -0.2) is 23.6 Å². The fourth-order valence-corrected chi connectivity index (χ4v) is 3.45. The molecule has 5 heteroatoms. The van der Waals surface area contributed by atoms with Gasteiger partial charge in [0, 0.05) is 29.1 Å². The number of alkyl halides is 1. The van der Waals surface area contributed by atoms with E-state index in [-0.39, 0.29) is 17.6 Å². The first-order valence-corrected chi connectivity index (χ1v) is 8.23. The van der Waals surface area contributed by atoms with Gasteiger partial charge in [-0.25, -0.2) is 8.78 Å². The molecule has 1 aromatic carbocycles. The molecule has 0 bridgehead atoms. The molecule has 1 aromatic heterocycles. The smallest absolute Gasteiger partial charge is 0.223 e. The van der Waals surface area contributed by atoms with E-state index in [9.17, 15) is 13.6 Å². The Morgan fingerprint density at radius 1 is 1.30 bits per heavy atom. The number of benzene rings is 1. The average molecular weight is 320 g/mol. The lowest BCUT2D eigenvalue weighted by molar-refractivity contribution is -0.126. The fourth-order valence-electron chi connectivity index (χ4n) is 3.45. The summed E-state index contributed by atoms with van der Waals surface area (Å²) in [6.07, 6.45) is 2.21. The number of hydrogen-bond acceptors (Lipinski definition) is 1. The molecular weight excluding hydrogens is 298 g/mol. The van der Waals surface area contributed by atoms with Gasteiger partial charge in [-0.15, -0.1) is 0 Å². The van der Waals surface area contributed by atoms with Crippen LogP contribution in [0.5, 0.6) is 0 Å². The normalized spacial score (nSPS) is 21.5. The number of aromatic nitrogens is 1. The lowest BCUT2D eigenvalue weighted by atomic mass is 9.87. The van der Waals surface area contributed by atoms with Crippen LogP contribution in [0.4, 0.5) is 8.78 Å². The van der Waals surface area contributed by atoms with Crippen LogP contribution in [0.1, 0.15) is 36.9 Å². The van der Waals surface area contributed by atoms with E-state index in [0.29, 0.717) is 38.6 Å². The number of H-pyrrole nitrogens is 1. The van der Waals surface area contributed by atoms with Crippen molar-refractivity contribution in [1.82, 2.24) is 10.3 Å². The molecule has 0 atom stereocenters. The van der Waals surface area contributed by atoms with E-state index in [1.54, 1.807) is 6.07 Å². The average Bonchev–Trinajstić information content (AvgIpc) is 2.83. The summed E-state index contributed by atoms with van der Waals surface area (Å²) in [5.74, 6) is -0.289. The van der Waals surface area contributed by atoms with Crippen LogP contribution in [0.2, 0.25) is 0 Å². The van der Waals surface area contributed by atoms with Crippen molar-refractivity contribution in [3.05, 3.63) is 35.3 Å². The van der Waals surface area contributed by atoms with Crippen LogP contribution in [0, 0.1) is 18.7 Å². The van der Waals surface area contributed by atoms with Crippen molar-refractivity contribution in [3.63, 3.8) is 0 Å². The van der Waals surface area contributed by atoms with E-state index < -0.39 is 6.17 Å². The van der Waals surface area contributed by atoms with Crippen molar-refractivity contribution in [3.8, 4) is 0 Å². The molecule has 1 fully saturated rings. The number of fused-ring (bicyclic) bond motifs is 1. The molecule has 124 valence electrons. The largest absolute Gasteiger partial charge is 0.358 e. The van der Waals surface area contributed by atoms with E-state index in [4.69, 9.17) is 0 Å². The summed E-state index contributed by atoms with van der Waals surface area (Å²) in [6, 6.07) is 4.71. The number of carbonyl (C=O) groups excluding carboxylic acids is 1. The summed E-state index contributed by atoms with van der Waals surface area (Å²) in [6.45, 7) is 2.50. The highest BCUT2D eigenvalue weighted by molar-refractivity contribution is 5.85. The predicted molar refractivity (Wildman–Crippen MR) is 86.6 cm³/mol.